The molecule has 1 amide bonds. The van der Waals surface area contributed by atoms with Gasteiger partial charge in [-0.05, 0) is 30.7 Å². The molecule has 0 saturated carbocycles. The summed E-state index contributed by atoms with van der Waals surface area (Å²) < 4.78 is 5.48. The number of hydrogen-bond acceptors (Lipinski definition) is 5. The van der Waals surface area contributed by atoms with Gasteiger partial charge in [0.15, 0.2) is 11.6 Å². The predicted molar refractivity (Wildman–Crippen MR) is 86.6 cm³/mol. The zero-order chi connectivity index (χ0) is 16.2. The highest BCUT2D eigenvalue weighted by molar-refractivity contribution is 5.89. The van der Waals surface area contributed by atoms with Crippen LogP contribution in [-0.2, 0) is 11.2 Å². The second-order valence-corrected chi connectivity index (χ2v) is 4.96. The summed E-state index contributed by atoms with van der Waals surface area (Å²) in [5.41, 5.74) is 2.90. The molecule has 0 atom stereocenters. The molecule has 116 valence electrons. The number of anilines is 1. The number of hydrogen-bond donors (Lipinski definition) is 1. The van der Waals surface area contributed by atoms with Crippen molar-refractivity contribution in [1.82, 2.24) is 15.0 Å². The molecule has 0 radical (unpaired) electrons. The zero-order valence-corrected chi connectivity index (χ0v) is 12.9. The summed E-state index contributed by atoms with van der Waals surface area (Å²) in [7, 11) is 0. The zero-order valence-electron chi connectivity index (χ0n) is 12.9. The number of nitrogens with zero attached hydrogens (tertiary/aromatic N) is 3. The minimum Gasteiger partial charge on any atom is -0.463 e. The number of furan rings is 1. The molecule has 0 bridgehead atoms. The van der Waals surface area contributed by atoms with E-state index in [-0.39, 0.29) is 5.91 Å². The largest absolute Gasteiger partial charge is 0.463 e. The Bertz CT molecular complexity index is 814. The Morgan fingerprint density at radius 2 is 1.96 bits per heavy atom. The normalized spacial score (nSPS) is 10.5. The van der Waals surface area contributed by atoms with E-state index < -0.39 is 0 Å². The van der Waals surface area contributed by atoms with Crippen molar-refractivity contribution in [2.75, 3.05) is 5.32 Å². The minimum absolute atomic E-state index is 0.184. The molecule has 23 heavy (non-hydrogen) atoms. The number of pyridine rings is 1. The summed E-state index contributed by atoms with van der Waals surface area (Å²) in [4.78, 5) is 24.8. The Hall–Kier alpha value is -3.02. The third kappa shape index (κ3) is 3.11. The summed E-state index contributed by atoms with van der Waals surface area (Å²) in [5, 5.41) is 2.74. The van der Waals surface area contributed by atoms with Crippen molar-refractivity contribution >= 4 is 11.7 Å². The molecule has 3 rings (SSSR count). The topological polar surface area (TPSA) is 80.9 Å². The molecule has 1 N–H and O–H groups in total. The van der Waals surface area contributed by atoms with E-state index in [1.807, 2.05) is 25.1 Å². The van der Waals surface area contributed by atoms with Gasteiger partial charge in [0.1, 0.15) is 11.4 Å². The molecule has 0 aliphatic rings. The number of aryl methyl sites for hydroxylation is 1. The van der Waals surface area contributed by atoms with Crippen LogP contribution in [0.4, 0.5) is 5.82 Å². The van der Waals surface area contributed by atoms with Gasteiger partial charge < -0.3 is 9.73 Å². The van der Waals surface area contributed by atoms with Crippen LogP contribution in [0.15, 0.2) is 47.3 Å². The fraction of sp³-hybridized carbons (Fsp3) is 0.176. The van der Waals surface area contributed by atoms with Gasteiger partial charge in [-0.15, -0.1) is 0 Å². The molecule has 0 aliphatic carbocycles. The molecule has 6 heteroatoms. The smallest absolute Gasteiger partial charge is 0.222 e. The van der Waals surface area contributed by atoms with Crippen molar-refractivity contribution in [2.24, 2.45) is 0 Å². The Kier molecular flexibility index (Phi) is 4.14. The third-order valence-electron chi connectivity index (χ3n) is 3.31. The molecular weight excluding hydrogens is 292 g/mol. The SMILES string of the molecule is CCc1nc(-c2ccncc2)c(-c2ccco2)nc1NC(C)=O. The minimum atomic E-state index is -0.184. The molecule has 3 heterocycles. The van der Waals surface area contributed by atoms with Crippen LogP contribution in [0.3, 0.4) is 0 Å². The first-order valence-corrected chi connectivity index (χ1v) is 7.31. The van der Waals surface area contributed by atoms with Gasteiger partial charge in [0.05, 0.1) is 12.0 Å². The molecule has 0 saturated heterocycles. The third-order valence-corrected chi connectivity index (χ3v) is 3.31. The summed E-state index contributed by atoms with van der Waals surface area (Å²) in [6.07, 6.45) is 5.64. The molecule has 6 nitrogen and oxygen atoms in total. The van der Waals surface area contributed by atoms with Gasteiger partial charge in [-0.1, -0.05) is 6.92 Å². The van der Waals surface area contributed by atoms with Crippen LogP contribution in [0, 0.1) is 0 Å². The average Bonchev–Trinajstić information content (AvgIpc) is 3.09. The van der Waals surface area contributed by atoms with Gasteiger partial charge in [-0.25, -0.2) is 9.97 Å². The maximum Gasteiger partial charge on any atom is 0.222 e. The van der Waals surface area contributed by atoms with Crippen LogP contribution in [-0.4, -0.2) is 20.9 Å². The van der Waals surface area contributed by atoms with Crippen molar-refractivity contribution in [2.45, 2.75) is 20.3 Å². The van der Waals surface area contributed by atoms with Crippen molar-refractivity contribution in [3.63, 3.8) is 0 Å². The average molecular weight is 308 g/mol. The van der Waals surface area contributed by atoms with E-state index in [1.165, 1.54) is 6.92 Å². The number of carbonyl (C=O) groups is 1. The summed E-state index contributed by atoms with van der Waals surface area (Å²) in [5.74, 6) is 0.874. The monoisotopic (exact) mass is 308 g/mol. The van der Waals surface area contributed by atoms with Crippen LogP contribution in [0.5, 0.6) is 0 Å². The van der Waals surface area contributed by atoms with E-state index in [1.54, 1.807) is 24.7 Å². The molecule has 0 aliphatic heterocycles. The van der Waals surface area contributed by atoms with Crippen LogP contribution in [0.1, 0.15) is 19.5 Å². The Labute approximate surface area is 133 Å². The maximum absolute atomic E-state index is 11.4. The van der Waals surface area contributed by atoms with E-state index in [9.17, 15) is 4.79 Å². The van der Waals surface area contributed by atoms with Crippen molar-refractivity contribution in [1.29, 1.82) is 0 Å². The molecule has 0 spiro atoms. The first-order valence-electron chi connectivity index (χ1n) is 7.31. The van der Waals surface area contributed by atoms with Crippen LogP contribution in [0.25, 0.3) is 22.7 Å². The van der Waals surface area contributed by atoms with Crippen LogP contribution >= 0.6 is 0 Å². The van der Waals surface area contributed by atoms with E-state index in [4.69, 9.17) is 9.40 Å². The molecule has 0 aromatic carbocycles. The second-order valence-electron chi connectivity index (χ2n) is 4.96. The lowest BCUT2D eigenvalue weighted by Crippen LogP contribution is -2.12. The summed E-state index contributed by atoms with van der Waals surface area (Å²) >= 11 is 0. The lowest BCUT2D eigenvalue weighted by molar-refractivity contribution is -0.114. The number of rotatable bonds is 4. The second kappa shape index (κ2) is 6.39. The fourth-order valence-corrected chi connectivity index (χ4v) is 2.28. The van der Waals surface area contributed by atoms with Gasteiger partial charge in [0, 0.05) is 24.9 Å². The van der Waals surface area contributed by atoms with Crippen molar-refractivity contribution in [3.05, 3.63) is 48.6 Å². The van der Waals surface area contributed by atoms with E-state index in [0.717, 1.165) is 11.3 Å². The van der Waals surface area contributed by atoms with Gasteiger partial charge >= 0.3 is 0 Å². The Morgan fingerprint density at radius 3 is 2.57 bits per heavy atom. The van der Waals surface area contributed by atoms with Crippen molar-refractivity contribution in [3.8, 4) is 22.7 Å². The fourth-order valence-electron chi connectivity index (χ4n) is 2.28. The van der Waals surface area contributed by atoms with E-state index in [2.05, 4.69) is 15.3 Å². The van der Waals surface area contributed by atoms with Gasteiger partial charge in [0.25, 0.3) is 0 Å². The highest BCUT2D eigenvalue weighted by Gasteiger charge is 2.18. The quantitative estimate of drug-likeness (QED) is 0.799. The molecule has 3 aromatic rings. The molecule has 0 unspecified atom stereocenters. The van der Waals surface area contributed by atoms with Crippen LogP contribution < -0.4 is 5.32 Å². The van der Waals surface area contributed by atoms with E-state index >= 15 is 0 Å². The van der Waals surface area contributed by atoms with Crippen LogP contribution in [0.2, 0.25) is 0 Å². The Balaban J connectivity index is 2.23. The number of carbonyl (C=O) groups excluding carboxylic acids is 1. The lowest BCUT2D eigenvalue weighted by Gasteiger charge is -2.13. The number of amides is 1. The summed E-state index contributed by atoms with van der Waals surface area (Å²) in [6.45, 7) is 3.42. The van der Waals surface area contributed by atoms with E-state index in [0.29, 0.717) is 29.4 Å². The van der Waals surface area contributed by atoms with Crippen molar-refractivity contribution < 1.29 is 9.21 Å². The van der Waals surface area contributed by atoms with Gasteiger partial charge in [0.2, 0.25) is 5.91 Å². The molecule has 3 aromatic heterocycles. The lowest BCUT2D eigenvalue weighted by atomic mass is 10.1. The predicted octanol–water partition coefficient (Wildman–Crippen LogP) is 3.32. The summed E-state index contributed by atoms with van der Waals surface area (Å²) in [6, 6.07) is 7.35. The van der Waals surface area contributed by atoms with Gasteiger partial charge in [-0.2, -0.15) is 0 Å². The number of nitrogens with one attached hydrogen (secondary N) is 1. The standard InChI is InChI=1S/C17H16N4O2/c1-3-13-17(19-11(2)22)21-16(14-5-4-10-23-14)15(20-13)12-6-8-18-9-7-12/h4-10H,3H2,1-2H3,(H,19,21,22). The van der Waals surface area contributed by atoms with Gasteiger partial charge in [-0.3, -0.25) is 9.78 Å². The Morgan fingerprint density at radius 1 is 1.17 bits per heavy atom. The first-order chi connectivity index (χ1) is 11.2. The molecule has 0 fully saturated rings. The first kappa shape index (κ1) is 14.9. The maximum atomic E-state index is 11.4. The molecular formula is C17H16N4O2. The number of aromatic nitrogens is 3. The highest BCUT2D eigenvalue weighted by atomic mass is 16.3. The highest BCUT2D eigenvalue weighted by Crippen LogP contribution is 2.31.